The lowest BCUT2D eigenvalue weighted by Crippen LogP contribution is -2.38. The lowest BCUT2D eigenvalue weighted by Gasteiger charge is -2.28. The number of benzene rings is 2. The number of thioether (sulfide) groups is 1. The SMILES string of the molecule is COc1cc(C(=O)Nc2cc(-c3[nH]c4c(c3Nc3ccccc3)C(=O)CN(C(=O)SC(C)(C)C)C4)ccn2)ccc1F. The highest BCUT2D eigenvalue weighted by Gasteiger charge is 2.34. The maximum atomic E-state index is 13.8. The first-order valence-corrected chi connectivity index (χ1v) is 14.0. The summed E-state index contributed by atoms with van der Waals surface area (Å²) in [6, 6.07) is 16.7. The average Bonchev–Trinajstić information content (AvgIpc) is 3.31. The van der Waals surface area contributed by atoms with Crippen molar-refractivity contribution >= 4 is 45.9 Å². The van der Waals surface area contributed by atoms with Crippen molar-refractivity contribution in [2.45, 2.75) is 32.1 Å². The van der Waals surface area contributed by atoms with E-state index in [1.165, 1.54) is 31.0 Å². The minimum absolute atomic E-state index is 0.0333. The molecule has 11 heteroatoms. The highest BCUT2D eigenvalue weighted by molar-refractivity contribution is 8.14. The summed E-state index contributed by atoms with van der Waals surface area (Å²) in [7, 11) is 1.32. The molecule has 216 valence electrons. The van der Waals surface area contributed by atoms with Crippen molar-refractivity contribution in [3.8, 4) is 17.0 Å². The van der Waals surface area contributed by atoms with Gasteiger partial charge in [-0.3, -0.25) is 14.4 Å². The largest absolute Gasteiger partial charge is 0.494 e. The van der Waals surface area contributed by atoms with Gasteiger partial charge in [0.2, 0.25) is 0 Å². The molecule has 0 radical (unpaired) electrons. The van der Waals surface area contributed by atoms with Crippen LogP contribution in [-0.2, 0) is 6.54 Å². The number of H-pyrrole nitrogens is 1. The van der Waals surface area contributed by atoms with Crippen LogP contribution in [0.2, 0.25) is 0 Å². The molecule has 0 aliphatic carbocycles. The Balaban J connectivity index is 1.50. The lowest BCUT2D eigenvalue weighted by molar-refractivity contribution is 0.0930. The molecular formula is C31H30FN5O4S. The number of pyridine rings is 1. The summed E-state index contributed by atoms with van der Waals surface area (Å²) in [6.45, 7) is 6.07. The third-order valence-electron chi connectivity index (χ3n) is 6.44. The predicted molar refractivity (Wildman–Crippen MR) is 162 cm³/mol. The summed E-state index contributed by atoms with van der Waals surface area (Å²) >= 11 is 1.19. The molecule has 1 aliphatic rings. The molecule has 9 nitrogen and oxygen atoms in total. The standard InChI is InChI=1S/C31H30FN5O4S/c1-31(2,3)42-30(40)37-16-22-26(23(38)17-37)28(34-20-8-6-5-7-9-20)27(35-22)18-12-13-33-25(15-18)36-29(39)19-10-11-21(32)24(14-19)41-4/h5-15,34-35H,16-17H2,1-4H3,(H,33,36,39). The third kappa shape index (κ3) is 6.31. The summed E-state index contributed by atoms with van der Waals surface area (Å²) < 4.78 is 18.5. The second-order valence-electron chi connectivity index (χ2n) is 10.7. The van der Waals surface area contributed by atoms with Gasteiger partial charge in [0.1, 0.15) is 5.82 Å². The minimum Gasteiger partial charge on any atom is -0.494 e. The van der Waals surface area contributed by atoms with Gasteiger partial charge in [-0.05, 0) is 42.5 Å². The molecule has 2 aromatic carbocycles. The molecule has 0 spiro atoms. The highest BCUT2D eigenvalue weighted by atomic mass is 32.2. The van der Waals surface area contributed by atoms with Gasteiger partial charge in [-0.15, -0.1) is 0 Å². The fraction of sp³-hybridized carbons (Fsp3) is 0.226. The molecule has 0 saturated carbocycles. The zero-order valence-corrected chi connectivity index (χ0v) is 24.4. The van der Waals surface area contributed by atoms with Gasteiger partial charge in [0, 0.05) is 33.5 Å². The Morgan fingerprint density at radius 3 is 2.55 bits per heavy atom. The number of nitrogens with zero attached hydrogens (tertiary/aromatic N) is 2. The first kappa shape index (κ1) is 28.9. The first-order chi connectivity index (χ1) is 20.0. The van der Waals surface area contributed by atoms with Gasteiger partial charge in [-0.2, -0.15) is 0 Å². The number of aromatic nitrogens is 2. The molecule has 0 bridgehead atoms. The second-order valence-corrected chi connectivity index (χ2v) is 12.5. The van der Waals surface area contributed by atoms with Crippen LogP contribution >= 0.6 is 11.8 Å². The number of nitrogens with one attached hydrogen (secondary N) is 3. The third-order valence-corrected chi connectivity index (χ3v) is 7.48. The van der Waals surface area contributed by atoms with Crippen LogP contribution in [0.3, 0.4) is 0 Å². The van der Waals surface area contributed by atoms with Crippen molar-refractivity contribution in [1.82, 2.24) is 14.9 Å². The highest BCUT2D eigenvalue weighted by Crippen LogP contribution is 2.39. The molecule has 3 heterocycles. The quantitative estimate of drug-likeness (QED) is 0.225. The molecule has 5 rings (SSSR count). The van der Waals surface area contributed by atoms with E-state index in [0.717, 1.165) is 11.8 Å². The van der Waals surface area contributed by atoms with Crippen molar-refractivity contribution in [2.24, 2.45) is 0 Å². The second kappa shape index (κ2) is 11.7. The van der Waals surface area contributed by atoms with Gasteiger partial charge in [0.15, 0.2) is 17.3 Å². The van der Waals surface area contributed by atoms with E-state index < -0.39 is 11.7 Å². The van der Waals surface area contributed by atoms with Crippen LogP contribution in [0, 0.1) is 5.82 Å². The molecule has 2 amide bonds. The number of anilines is 3. The summed E-state index contributed by atoms with van der Waals surface area (Å²) in [5.74, 6) is -1.05. The Morgan fingerprint density at radius 1 is 1.07 bits per heavy atom. The van der Waals surface area contributed by atoms with E-state index in [4.69, 9.17) is 4.74 Å². The molecule has 42 heavy (non-hydrogen) atoms. The van der Waals surface area contributed by atoms with Crippen molar-refractivity contribution in [3.05, 3.63) is 89.5 Å². The molecule has 0 atom stereocenters. The number of halogens is 1. The number of ether oxygens (including phenoxy) is 1. The van der Waals surface area contributed by atoms with Gasteiger partial charge in [-0.25, -0.2) is 9.37 Å². The summed E-state index contributed by atoms with van der Waals surface area (Å²) in [5.41, 5.74) is 3.91. The van der Waals surface area contributed by atoms with Crippen molar-refractivity contribution in [3.63, 3.8) is 0 Å². The number of fused-ring (bicyclic) bond motifs is 1. The Morgan fingerprint density at radius 2 is 1.83 bits per heavy atom. The maximum Gasteiger partial charge on any atom is 0.282 e. The van der Waals surface area contributed by atoms with Crippen LogP contribution in [0.15, 0.2) is 66.9 Å². The molecule has 0 unspecified atom stereocenters. The summed E-state index contributed by atoms with van der Waals surface area (Å²) in [4.78, 5) is 48.6. The topological polar surface area (TPSA) is 116 Å². The van der Waals surface area contributed by atoms with Gasteiger partial charge < -0.3 is 25.3 Å². The molecule has 2 aromatic heterocycles. The molecule has 0 fully saturated rings. The van der Waals surface area contributed by atoms with E-state index in [9.17, 15) is 18.8 Å². The molecule has 0 saturated heterocycles. The van der Waals surface area contributed by atoms with Crippen LogP contribution in [-0.4, -0.2) is 50.2 Å². The normalized spacial score (nSPS) is 13.0. The number of methoxy groups -OCH3 is 1. The van der Waals surface area contributed by atoms with Crippen molar-refractivity contribution in [1.29, 1.82) is 0 Å². The van der Waals surface area contributed by atoms with Gasteiger partial charge >= 0.3 is 0 Å². The van der Waals surface area contributed by atoms with Crippen molar-refractivity contribution in [2.75, 3.05) is 24.3 Å². The average molecular weight is 588 g/mol. The number of hydrogen-bond acceptors (Lipinski definition) is 7. The number of aromatic amines is 1. The number of carbonyl (C=O) groups excluding carboxylic acids is 3. The zero-order valence-electron chi connectivity index (χ0n) is 23.6. The van der Waals surface area contributed by atoms with E-state index in [2.05, 4.69) is 20.6 Å². The van der Waals surface area contributed by atoms with Crippen LogP contribution in [0.1, 0.15) is 47.2 Å². The van der Waals surface area contributed by atoms with Crippen LogP contribution in [0.25, 0.3) is 11.3 Å². The Hall–Kier alpha value is -4.64. The molecule has 4 aromatic rings. The van der Waals surface area contributed by atoms with Crippen LogP contribution in [0.4, 0.5) is 26.4 Å². The number of carbonyl (C=O) groups is 3. The number of ketones is 1. The van der Waals surface area contributed by atoms with Gasteiger partial charge in [0.25, 0.3) is 11.1 Å². The minimum atomic E-state index is -0.574. The van der Waals surface area contributed by atoms with Gasteiger partial charge in [-0.1, -0.05) is 50.7 Å². The fourth-order valence-corrected chi connectivity index (χ4v) is 5.37. The van der Waals surface area contributed by atoms with Crippen LogP contribution < -0.4 is 15.4 Å². The number of amides is 2. The number of hydrogen-bond donors (Lipinski definition) is 3. The maximum absolute atomic E-state index is 13.8. The molecular weight excluding hydrogens is 557 g/mol. The first-order valence-electron chi connectivity index (χ1n) is 13.2. The monoisotopic (exact) mass is 587 g/mol. The van der Waals surface area contributed by atoms with Crippen LogP contribution in [0.5, 0.6) is 5.75 Å². The smallest absolute Gasteiger partial charge is 0.282 e. The van der Waals surface area contributed by atoms with E-state index in [1.54, 1.807) is 23.2 Å². The van der Waals surface area contributed by atoms with E-state index in [0.29, 0.717) is 28.2 Å². The Labute approximate surface area is 246 Å². The molecule has 1 aliphatic heterocycles. The number of Topliss-reactive ketones (excluding diaryl/α,β-unsaturated/α-hetero) is 1. The van der Waals surface area contributed by atoms with Crippen molar-refractivity contribution < 1.29 is 23.5 Å². The predicted octanol–water partition coefficient (Wildman–Crippen LogP) is 6.87. The van der Waals surface area contributed by atoms with Gasteiger partial charge in [0.05, 0.1) is 37.1 Å². The Kier molecular flexibility index (Phi) is 8.04. The lowest BCUT2D eigenvalue weighted by atomic mass is 10.0. The van der Waals surface area contributed by atoms with E-state index in [1.807, 2.05) is 51.1 Å². The zero-order chi connectivity index (χ0) is 30.0. The Bertz CT molecular complexity index is 1670. The summed E-state index contributed by atoms with van der Waals surface area (Å²) in [5, 5.41) is 5.95. The van der Waals surface area contributed by atoms with E-state index in [-0.39, 0.29) is 46.0 Å². The van der Waals surface area contributed by atoms with E-state index >= 15 is 0 Å². The number of rotatable bonds is 6. The summed E-state index contributed by atoms with van der Waals surface area (Å²) in [6.07, 6.45) is 1.54. The fourth-order valence-electron chi connectivity index (χ4n) is 4.58. The molecule has 3 N–H and O–H groups in total. The number of para-hydroxylation sites is 1.